The Bertz CT molecular complexity index is 851. The Hall–Kier alpha value is -1.83. The van der Waals surface area contributed by atoms with E-state index in [1.54, 1.807) is 12.3 Å². The van der Waals surface area contributed by atoms with Gasteiger partial charge in [-0.25, -0.2) is 4.57 Å². The van der Waals surface area contributed by atoms with Crippen molar-refractivity contribution in [2.24, 2.45) is 7.05 Å². The molecule has 0 bridgehead atoms. The van der Waals surface area contributed by atoms with E-state index in [9.17, 15) is 0 Å². The van der Waals surface area contributed by atoms with Gasteiger partial charge in [0.05, 0.1) is 5.56 Å². The van der Waals surface area contributed by atoms with Crippen LogP contribution in [0.1, 0.15) is 48.5 Å². The van der Waals surface area contributed by atoms with Crippen molar-refractivity contribution in [2.45, 2.75) is 52.5 Å². The van der Waals surface area contributed by atoms with Gasteiger partial charge in [-0.15, -0.1) is 0 Å². The van der Waals surface area contributed by atoms with E-state index in [0.717, 1.165) is 22.6 Å². The molecule has 0 atom stereocenters. The number of ether oxygens (including phenoxy) is 1. The summed E-state index contributed by atoms with van der Waals surface area (Å²) >= 11 is 0. The molecule has 1 aromatic carbocycles. The monoisotopic (exact) mass is 299 g/mol. The molecule has 2 heteroatoms. The lowest BCUT2D eigenvalue weighted by Crippen LogP contribution is -2.42. The van der Waals surface area contributed by atoms with Crippen LogP contribution in [0.15, 0.2) is 30.5 Å². The molecule has 0 N–H and O–H groups in total. The first-order chi connectivity index (χ1) is 11.4. The molecule has 1 aromatic heterocycles. The van der Waals surface area contributed by atoms with Crippen molar-refractivity contribution in [3.63, 3.8) is 0 Å². The van der Waals surface area contributed by atoms with Crippen LogP contribution in [0.5, 0.6) is 5.75 Å². The second-order valence-electron chi connectivity index (χ2n) is 7.29. The van der Waals surface area contributed by atoms with E-state index in [1.165, 1.54) is 5.56 Å². The summed E-state index contributed by atoms with van der Waals surface area (Å²) < 4.78 is 31.1. The average Bonchev–Trinajstić information content (AvgIpc) is 2.64. The number of pyridine rings is 1. The number of aromatic nitrogens is 1. The first-order valence-electron chi connectivity index (χ1n) is 9.20. The number of hydrogen-bond donors (Lipinski definition) is 0. The molecule has 1 aliphatic heterocycles. The minimum Gasteiger partial charge on any atom is -0.486 e. The zero-order chi connectivity index (χ0) is 18.8. The van der Waals surface area contributed by atoms with Gasteiger partial charge in [0, 0.05) is 26.7 Å². The lowest BCUT2D eigenvalue weighted by Gasteiger charge is -2.33. The van der Waals surface area contributed by atoms with E-state index in [0.29, 0.717) is 5.56 Å². The van der Waals surface area contributed by atoms with Crippen molar-refractivity contribution < 1.29 is 13.4 Å². The molecule has 0 spiro atoms. The van der Waals surface area contributed by atoms with Crippen LogP contribution in [0.4, 0.5) is 0 Å². The Morgan fingerprint density at radius 3 is 2.45 bits per heavy atom. The minimum atomic E-state index is -2.11. The van der Waals surface area contributed by atoms with Crippen molar-refractivity contribution in [3.8, 4) is 17.0 Å². The Morgan fingerprint density at radius 2 is 1.82 bits per heavy atom. The van der Waals surface area contributed by atoms with Crippen LogP contribution in [0.2, 0.25) is 0 Å². The third-order valence-electron chi connectivity index (χ3n) is 5.29. The predicted molar refractivity (Wildman–Crippen MR) is 90.3 cm³/mol. The van der Waals surface area contributed by atoms with E-state index < -0.39 is 6.85 Å². The maximum Gasteiger partial charge on any atom is 0.216 e. The van der Waals surface area contributed by atoms with Gasteiger partial charge in [0.1, 0.15) is 18.4 Å². The number of hydrogen-bond acceptors (Lipinski definition) is 1. The summed E-state index contributed by atoms with van der Waals surface area (Å²) in [6.07, 6.45) is 1.69. The summed E-state index contributed by atoms with van der Waals surface area (Å²) in [4.78, 5) is 0. The van der Waals surface area contributed by atoms with E-state index in [2.05, 4.69) is 46.8 Å². The topological polar surface area (TPSA) is 13.1 Å². The molecule has 0 fully saturated rings. The second-order valence-corrected chi connectivity index (χ2v) is 7.29. The highest BCUT2D eigenvalue weighted by Crippen LogP contribution is 2.52. The Labute approximate surface area is 138 Å². The normalized spacial score (nSPS) is 20.5. The molecule has 2 heterocycles. The molecular weight excluding hydrogens is 270 g/mol. The van der Waals surface area contributed by atoms with Gasteiger partial charge < -0.3 is 4.74 Å². The zero-order valence-electron chi connectivity index (χ0n) is 17.2. The largest absolute Gasteiger partial charge is 0.486 e. The summed E-state index contributed by atoms with van der Waals surface area (Å²) in [6.45, 7) is 8.60. The molecule has 2 nitrogen and oxygen atoms in total. The maximum atomic E-state index is 7.61. The van der Waals surface area contributed by atoms with Crippen molar-refractivity contribution in [1.29, 1.82) is 0 Å². The van der Waals surface area contributed by atoms with E-state index >= 15 is 0 Å². The van der Waals surface area contributed by atoms with Crippen LogP contribution >= 0.6 is 0 Å². The Balaban J connectivity index is 2.23. The predicted octanol–water partition coefficient (Wildman–Crippen LogP) is 4.24. The van der Waals surface area contributed by atoms with Gasteiger partial charge in [-0.2, -0.15) is 0 Å². The molecule has 0 saturated carbocycles. The van der Waals surface area contributed by atoms with E-state index in [1.807, 2.05) is 17.7 Å². The molecule has 22 heavy (non-hydrogen) atoms. The van der Waals surface area contributed by atoms with Crippen LogP contribution in [0.25, 0.3) is 11.3 Å². The van der Waals surface area contributed by atoms with Crippen LogP contribution in [-0.4, -0.2) is 5.60 Å². The van der Waals surface area contributed by atoms with Crippen LogP contribution in [0, 0.1) is 13.8 Å². The summed E-state index contributed by atoms with van der Waals surface area (Å²) in [5, 5.41) is 0. The molecular formula is C20H26NO+. The van der Waals surface area contributed by atoms with Crippen molar-refractivity contribution >= 4 is 0 Å². The summed E-state index contributed by atoms with van der Waals surface area (Å²) in [5.41, 5.74) is 4.22. The van der Waals surface area contributed by atoms with Gasteiger partial charge >= 0.3 is 0 Å². The lowest BCUT2D eigenvalue weighted by atomic mass is 9.73. The molecule has 0 saturated heterocycles. The molecule has 1 aliphatic rings. The van der Waals surface area contributed by atoms with Gasteiger partial charge in [0.25, 0.3) is 0 Å². The van der Waals surface area contributed by atoms with Gasteiger partial charge in [-0.1, -0.05) is 26.0 Å². The molecule has 2 aromatic rings. The standard InChI is InChI=1S/C20H26NO/c1-13-8-11-16(21(7)12-13)17-14(2)9-10-15-18(17)22-20(5,6)19(15,3)4/h8-12H,1-7H3/q+1/i1D3. The summed E-state index contributed by atoms with van der Waals surface area (Å²) in [5.74, 6) is 0.909. The molecule has 0 amide bonds. The van der Waals surface area contributed by atoms with Crippen LogP contribution in [-0.2, 0) is 12.5 Å². The highest BCUT2D eigenvalue weighted by atomic mass is 16.5. The molecule has 116 valence electrons. The molecule has 0 aliphatic carbocycles. The van der Waals surface area contributed by atoms with Gasteiger partial charge in [-0.05, 0) is 39.3 Å². The number of fused-ring (bicyclic) bond motifs is 1. The Kier molecular flexibility index (Phi) is 2.44. The van der Waals surface area contributed by atoms with Crippen LogP contribution < -0.4 is 9.30 Å². The van der Waals surface area contributed by atoms with Crippen molar-refractivity contribution in [1.82, 2.24) is 0 Å². The van der Waals surface area contributed by atoms with Gasteiger partial charge in [-0.3, -0.25) is 0 Å². The van der Waals surface area contributed by atoms with Gasteiger partial charge in [0.2, 0.25) is 5.69 Å². The van der Waals surface area contributed by atoms with E-state index in [-0.39, 0.29) is 11.0 Å². The molecule has 3 rings (SSSR count). The fraction of sp³-hybridized carbons (Fsp3) is 0.450. The molecule has 0 unspecified atom stereocenters. The third-order valence-corrected chi connectivity index (χ3v) is 5.29. The van der Waals surface area contributed by atoms with E-state index in [4.69, 9.17) is 8.85 Å². The quantitative estimate of drug-likeness (QED) is 0.718. The number of aryl methyl sites for hydroxylation is 3. The van der Waals surface area contributed by atoms with Crippen molar-refractivity contribution in [2.75, 3.05) is 0 Å². The maximum absolute atomic E-state index is 7.61. The van der Waals surface area contributed by atoms with Gasteiger partial charge in [0.15, 0.2) is 6.20 Å². The smallest absolute Gasteiger partial charge is 0.216 e. The fourth-order valence-corrected chi connectivity index (χ4v) is 3.17. The number of rotatable bonds is 1. The molecule has 0 radical (unpaired) electrons. The minimum absolute atomic E-state index is 0.109. The number of benzene rings is 1. The SMILES string of the molecule is [2H]C([2H])([2H])c1ccc(-c2c(C)ccc3c2OC(C)(C)C3(C)C)[n+](C)c1. The first kappa shape index (κ1) is 11.7. The fourth-order valence-electron chi connectivity index (χ4n) is 3.17. The highest BCUT2D eigenvalue weighted by Gasteiger charge is 2.49. The lowest BCUT2D eigenvalue weighted by molar-refractivity contribution is -0.660. The first-order valence-corrected chi connectivity index (χ1v) is 7.70. The Morgan fingerprint density at radius 1 is 1.09 bits per heavy atom. The summed E-state index contributed by atoms with van der Waals surface area (Å²) in [7, 11) is 1.88. The third kappa shape index (κ3) is 1.97. The second kappa shape index (κ2) is 4.58. The highest BCUT2D eigenvalue weighted by molar-refractivity contribution is 5.73. The summed E-state index contributed by atoms with van der Waals surface area (Å²) in [6, 6.07) is 7.84. The average molecular weight is 299 g/mol. The van der Waals surface area contributed by atoms with Crippen molar-refractivity contribution in [3.05, 3.63) is 47.2 Å². The number of nitrogens with zero attached hydrogens (tertiary/aromatic N) is 1. The van der Waals surface area contributed by atoms with Crippen LogP contribution in [0.3, 0.4) is 0 Å². The zero-order valence-corrected chi connectivity index (χ0v) is 14.2.